The predicted octanol–water partition coefficient (Wildman–Crippen LogP) is 2.51. The van der Waals surface area contributed by atoms with Crippen LogP contribution in [0.4, 0.5) is 0 Å². The molecule has 26 heavy (non-hydrogen) atoms. The summed E-state index contributed by atoms with van der Waals surface area (Å²) in [5.74, 6) is 1.15. The molecule has 0 atom stereocenters. The molecule has 1 N–H and O–H groups in total. The van der Waals surface area contributed by atoms with Crippen LogP contribution in [-0.2, 0) is 0 Å². The third-order valence-electron chi connectivity index (χ3n) is 4.64. The van der Waals surface area contributed by atoms with E-state index in [0.29, 0.717) is 5.56 Å². The lowest BCUT2D eigenvalue weighted by molar-refractivity contribution is 0.0645. The molecule has 2 heterocycles. The molecule has 1 fully saturated rings. The van der Waals surface area contributed by atoms with E-state index in [1.165, 1.54) is 4.90 Å². The maximum Gasteiger partial charge on any atom is 0.254 e. The number of hydrogen-bond donors (Lipinski definition) is 1. The van der Waals surface area contributed by atoms with Crippen LogP contribution in [0.3, 0.4) is 0 Å². The van der Waals surface area contributed by atoms with Gasteiger partial charge in [0.2, 0.25) is 0 Å². The van der Waals surface area contributed by atoms with Gasteiger partial charge < -0.3 is 4.90 Å². The molecule has 1 saturated heterocycles. The van der Waals surface area contributed by atoms with Gasteiger partial charge in [0.25, 0.3) is 5.91 Å². The molecule has 1 aliphatic rings. The molecule has 0 bridgehead atoms. The van der Waals surface area contributed by atoms with Crippen molar-refractivity contribution in [2.45, 2.75) is 4.90 Å². The van der Waals surface area contributed by atoms with Crippen LogP contribution >= 0.6 is 11.8 Å². The Balaban J connectivity index is 1.27. The largest absolute Gasteiger partial charge is 0.336 e. The Labute approximate surface area is 156 Å². The number of amides is 1. The van der Waals surface area contributed by atoms with E-state index in [2.05, 4.69) is 44.6 Å². The van der Waals surface area contributed by atoms with Crippen LogP contribution in [0.25, 0.3) is 11.0 Å². The number of aromatic amines is 1. The first-order valence-electron chi connectivity index (χ1n) is 8.79. The molecule has 0 saturated carbocycles. The minimum absolute atomic E-state index is 0.0770. The summed E-state index contributed by atoms with van der Waals surface area (Å²) in [6, 6.07) is 16.0. The summed E-state index contributed by atoms with van der Waals surface area (Å²) in [6.45, 7) is 4.43. The molecule has 7 heteroatoms. The number of nitrogens with zero attached hydrogens (tertiary/aromatic N) is 4. The van der Waals surface area contributed by atoms with Crippen molar-refractivity contribution in [3.63, 3.8) is 0 Å². The van der Waals surface area contributed by atoms with Gasteiger partial charge >= 0.3 is 0 Å². The second-order valence-electron chi connectivity index (χ2n) is 6.32. The van der Waals surface area contributed by atoms with Crippen LogP contribution in [0.5, 0.6) is 0 Å². The molecule has 2 aromatic carbocycles. The minimum Gasteiger partial charge on any atom is -0.336 e. The van der Waals surface area contributed by atoms with E-state index in [1.54, 1.807) is 0 Å². The van der Waals surface area contributed by atoms with Crippen molar-refractivity contribution >= 4 is 28.7 Å². The number of H-pyrrole nitrogens is 1. The summed E-state index contributed by atoms with van der Waals surface area (Å²) in [4.78, 5) is 18.4. The molecule has 0 radical (unpaired) electrons. The number of carbonyl (C=O) groups excluding carboxylic acids is 1. The number of benzene rings is 2. The summed E-state index contributed by atoms with van der Waals surface area (Å²) in [5, 5.41) is 10.7. The Morgan fingerprint density at radius 1 is 1.00 bits per heavy atom. The highest BCUT2D eigenvalue weighted by Crippen LogP contribution is 2.18. The van der Waals surface area contributed by atoms with Crippen LogP contribution < -0.4 is 0 Å². The number of hydrogen-bond acceptors (Lipinski definition) is 5. The summed E-state index contributed by atoms with van der Waals surface area (Å²) >= 11 is 1.88. The molecule has 1 aromatic heterocycles. The van der Waals surface area contributed by atoms with Gasteiger partial charge in [0, 0.05) is 48.9 Å². The van der Waals surface area contributed by atoms with Gasteiger partial charge in [-0.1, -0.05) is 18.2 Å². The molecular formula is C19H21N5OS. The third-order valence-corrected chi connectivity index (χ3v) is 5.63. The van der Waals surface area contributed by atoms with Crippen molar-refractivity contribution in [1.82, 2.24) is 25.2 Å². The Bertz CT molecular complexity index is 874. The van der Waals surface area contributed by atoms with Crippen molar-refractivity contribution in [2.75, 3.05) is 38.5 Å². The average molecular weight is 367 g/mol. The molecular weight excluding hydrogens is 346 g/mol. The normalized spacial score (nSPS) is 15.5. The van der Waals surface area contributed by atoms with Crippen molar-refractivity contribution < 1.29 is 4.79 Å². The van der Waals surface area contributed by atoms with Crippen LogP contribution in [-0.4, -0.2) is 69.6 Å². The lowest BCUT2D eigenvalue weighted by Gasteiger charge is -2.34. The Morgan fingerprint density at radius 2 is 1.77 bits per heavy atom. The molecule has 1 aliphatic heterocycles. The zero-order chi connectivity index (χ0) is 17.8. The smallest absolute Gasteiger partial charge is 0.254 e. The van der Waals surface area contributed by atoms with E-state index in [4.69, 9.17) is 0 Å². The monoisotopic (exact) mass is 367 g/mol. The Hall–Kier alpha value is -2.38. The molecule has 0 unspecified atom stereocenters. The molecule has 134 valence electrons. The fourth-order valence-corrected chi connectivity index (χ4v) is 4.07. The average Bonchev–Trinajstić information content (AvgIpc) is 3.17. The topological polar surface area (TPSA) is 65.1 Å². The highest BCUT2D eigenvalue weighted by Gasteiger charge is 2.22. The number of nitrogens with one attached hydrogen (secondary N) is 1. The molecule has 0 aliphatic carbocycles. The van der Waals surface area contributed by atoms with E-state index in [-0.39, 0.29) is 5.91 Å². The van der Waals surface area contributed by atoms with E-state index in [9.17, 15) is 4.79 Å². The second-order valence-corrected chi connectivity index (χ2v) is 7.49. The van der Waals surface area contributed by atoms with Gasteiger partial charge in [-0.2, -0.15) is 15.4 Å². The van der Waals surface area contributed by atoms with E-state index in [1.807, 2.05) is 40.9 Å². The molecule has 0 spiro atoms. The van der Waals surface area contributed by atoms with Gasteiger partial charge in [-0.05, 0) is 30.3 Å². The summed E-state index contributed by atoms with van der Waals surface area (Å²) in [6.07, 6.45) is 0. The Kier molecular flexibility index (Phi) is 5.17. The van der Waals surface area contributed by atoms with E-state index >= 15 is 0 Å². The number of carbonyl (C=O) groups is 1. The van der Waals surface area contributed by atoms with Gasteiger partial charge in [-0.3, -0.25) is 9.69 Å². The highest BCUT2D eigenvalue weighted by atomic mass is 32.2. The van der Waals surface area contributed by atoms with Crippen LogP contribution in [0.15, 0.2) is 53.4 Å². The maximum absolute atomic E-state index is 12.7. The maximum atomic E-state index is 12.7. The summed E-state index contributed by atoms with van der Waals surface area (Å²) in [7, 11) is 0. The molecule has 3 aromatic rings. The fraction of sp³-hybridized carbons (Fsp3) is 0.316. The van der Waals surface area contributed by atoms with Crippen molar-refractivity contribution in [1.29, 1.82) is 0 Å². The van der Waals surface area contributed by atoms with Crippen LogP contribution in [0, 0.1) is 0 Å². The number of rotatable bonds is 5. The Morgan fingerprint density at radius 3 is 2.58 bits per heavy atom. The highest BCUT2D eigenvalue weighted by molar-refractivity contribution is 7.99. The van der Waals surface area contributed by atoms with Gasteiger partial charge in [-0.25, -0.2) is 0 Å². The van der Waals surface area contributed by atoms with Gasteiger partial charge in [0.15, 0.2) is 0 Å². The van der Waals surface area contributed by atoms with Crippen molar-refractivity contribution in [2.24, 2.45) is 0 Å². The van der Waals surface area contributed by atoms with Gasteiger partial charge in [0.05, 0.1) is 0 Å². The lowest BCUT2D eigenvalue weighted by Crippen LogP contribution is -2.49. The zero-order valence-electron chi connectivity index (χ0n) is 14.5. The summed E-state index contributed by atoms with van der Waals surface area (Å²) in [5.41, 5.74) is 2.19. The molecule has 4 rings (SSSR count). The minimum atomic E-state index is 0.0770. The number of piperazine rings is 1. The van der Waals surface area contributed by atoms with Crippen molar-refractivity contribution in [3.05, 3.63) is 54.1 Å². The predicted molar refractivity (Wildman–Crippen MR) is 103 cm³/mol. The van der Waals surface area contributed by atoms with Crippen LogP contribution in [0.1, 0.15) is 10.4 Å². The number of fused-ring (bicyclic) bond motifs is 1. The quantitative estimate of drug-likeness (QED) is 0.702. The van der Waals surface area contributed by atoms with E-state index in [0.717, 1.165) is 49.5 Å². The molecule has 1 amide bonds. The van der Waals surface area contributed by atoms with E-state index < -0.39 is 0 Å². The number of aromatic nitrogens is 3. The first-order chi connectivity index (χ1) is 12.8. The van der Waals surface area contributed by atoms with Crippen LogP contribution in [0.2, 0.25) is 0 Å². The fourth-order valence-electron chi connectivity index (χ4n) is 3.14. The van der Waals surface area contributed by atoms with Crippen molar-refractivity contribution in [3.8, 4) is 0 Å². The first-order valence-corrected chi connectivity index (χ1v) is 9.78. The van der Waals surface area contributed by atoms with Gasteiger partial charge in [-0.15, -0.1) is 11.8 Å². The standard InChI is InChI=1S/C19H21N5OS/c25-19(15-6-7-17-18(14-15)21-22-20-17)24-10-8-23(9-11-24)12-13-26-16-4-2-1-3-5-16/h1-7,14H,8-13H2,(H,20,21,22). The molecule has 6 nitrogen and oxygen atoms in total. The first kappa shape index (κ1) is 17.1. The number of thioether (sulfide) groups is 1. The summed E-state index contributed by atoms with van der Waals surface area (Å²) < 4.78 is 0. The third kappa shape index (κ3) is 3.89. The zero-order valence-corrected chi connectivity index (χ0v) is 15.3. The van der Waals surface area contributed by atoms with Gasteiger partial charge in [0.1, 0.15) is 11.0 Å². The SMILES string of the molecule is O=C(c1ccc2n[nH]nc2c1)N1CCN(CCSc2ccccc2)CC1. The lowest BCUT2D eigenvalue weighted by atomic mass is 10.1. The second kappa shape index (κ2) is 7.88.